The van der Waals surface area contributed by atoms with Gasteiger partial charge in [0.1, 0.15) is 38.3 Å². The molecule has 0 bridgehead atoms. The predicted octanol–water partition coefficient (Wildman–Crippen LogP) is 3.24. The summed E-state index contributed by atoms with van der Waals surface area (Å²) in [5.74, 6) is -1.31. The summed E-state index contributed by atoms with van der Waals surface area (Å²) < 4.78 is 85.1. The number of sulfone groups is 1. The Morgan fingerprint density at radius 3 is 2.69 bits per heavy atom. The summed E-state index contributed by atoms with van der Waals surface area (Å²) in [4.78, 5) is 11.1. The van der Waals surface area contributed by atoms with E-state index in [1.54, 1.807) is 0 Å². The lowest BCUT2D eigenvalue weighted by atomic mass is 10.2. The molecule has 14 heteroatoms. The van der Waals surface area contributed by atoms with Crippen molar-refractivity contribution in [2.45, 2.75) is 29.0 Å². The molecule has 0 radical (unpaired) electrons. The minimum absolute atomic E-state index is 0.000315. The summed E-state index contributed by atoms with van der Waals surface area (Å²) in [5, 5.41) is 0.000315. The first-order chi connectivity index (χ1) is 14.9. The number of morpholine rings is 1. The highest BCUT2D eigenvalue weighted by molar-refractivity contribution is 7.92. The van der Waals surface area contributed by atoms with Crippen LogP contribution in [-0.4, -0.2) is 55.3 Å². The van der Waals surface area contributed by atoms with E-state index in [0.717, 1.165) is 12.1 Å². The van der Waals surface area contributed by atoms with Crippen molar-refractivity contribution in [1.29, 1.82) is 0 Å². The lowest BCUT2D eigenvalue weighted by Crippen LogP contribution is -2.49. The first-order valence-corrected chi connectivity index (χ1v) is 11.0. The molecule has 8 nitrogen and oxygen atoms in total. The van der Waals surface area contributed by atoms with Crippen molar-refractivity contribution in [3.05, 3.63) is 34.9 Å². The molecule has 1 aromatic carbocycles. The third kappa shape index (κ3) is 3.84. The van der Waals surface area contributed by atoms with Gasteiger partial charge in [-0.2, -0.15) is 13.2 Å². The lowest BCUT2D eigenvalue weighted by molar-refractivity contribution is -0.221. The molecule has 1 aliphatic heterocycles. The highest BCUT2D eigenvalue weighted by Crippen LogP contribution is 2.37. The number of anilines is 2. The molecule has 2 aromatic heterocycles. The van der Waals surface area contributed by atoms with Crippen LogP contribution in [0.5, 0.6) is 0 Å². The molecule has 172 valence electrons. The number of fused-ring (bicyclic) bond motifs is 1. The fourth-order valence-corrected chi connectivity index (χ4v) is 5.18. The van der Waals surface area contributed by atoms with Crippen LogP contribution < -0.4 is 10.6 Å². The molecule has 1 fully saturated rings. The van der Waals surface area contributed by atoms with Crippen molar-refractivity contribution in [3.8, 4) is 0 Å². The maximum Gasteiger partial charge on any atom is 0.416 e. The average molecular weight is 494 g/mol. The Morgan fingerprint density at radius 1 is 1.31 bits per heavy atom. The summed E-state index contributed by atoms with van der Waals surface area (Å²) in [6.07, 6.45) is -6.63. The number of nitrogens with two attached hydrogens (primary N) is 1. The molecule has 1 aliphatic rings. The van der Waals surface area contributed by atoms with E-state index in [2.05, 4.69) is 15.0 Å². The van der Waals surface area contributed by atoms with Gasteiger partial charge in [-0.25, -0.2) is 22.8 Å². The van der Waals surface area contributed by atoms with Crippen molar-refractivity contribution in [3.63, 3.8) is 0 Å². The number of aromatic amines is 1. The van der Waals surface area contributed by atoms with Gasteiger partial charge in [-0.1, -0.05) is 11.6 Å². The Labute approximate surface area is 184 Å². The van der Waals surface area contributed by atoms with Crippen molar-refractivity contribution in [2.75, 3.05) is 30.3 Å². The second-order valence-corrected chi connectivity index (χ2v) is 9.40. The van der Waals surface area contributed by atoms with Crippen LogP contribution in [0.4, 0.5) is 29.2 Å². The number of nitrogens with zero attached hydrogens (tertiary/aromatic N) is 3. The number of aryl methyl sites for hydroxylation is 1. The van der Waals surface area contributed by atoms with E-state index >= 15 is 0 Å². The number of halogens is 5. The van der Waals surface area contributed by atoms with Crippen LogP contribution in [0.1, 0.15) is 5.82 Å². The topological polar surface area (TPSA) is 114 Å². The number of aromatic nitrogens is 3. The fraction of sp³-hybridized carbons (Fsp3) is 0.333. The molecule has 0 unspecified atom stereocenters. The van der Waals surface area contributed by atoms with Crippen molar-refractivity contribution in [2.24, 2.45) is 0 Å². The normalized spacial score (nSPS) is 17.8. The Kier molecular flexibility index (Phi) is 5.46. The second-order valence-electron chi connectivity index (χ2n) is 7.11. The maximum atomic E-state index is 14.4. The summed E-state index contributed by atoms with van der Waals surface area (Å²) in [5.41, 5.74) is 5.79. The minimum Gasteiger partial charge on any atom is -0.384 e. The molecule has 3 N–H and O–H groups in total. The first kappa shape index (κ1) is 22.6. The summed E-state index contributed by atoms with van der Waals surface area (Å²) in [6.45, 7) is 0.756. The number of ether oxygens (including phenoxy) is 1. The molecule has 1 saturated heterocycles. The van der Waals surface area contributed by atoms with Gasteiger partial charge in [-0.3, -0.25) is 0 Å². The maximum absolute atomic E-state index is 14.4. The molecule has 3 heterocycles. The molecule has 0 spiro atoms. The minimum atomic E-state index is -4.59. The van der Waals surface area contributed by atoms with Gasteiger partial charge in [-0.05, 0) is 25.1 Å². The largest absolute Gasteiger partial charge is 0.416 e. The zero-order chi connectivity index (χ0) is 23.4. The van der Waals surface area contributed by atoms with Gasteiger partial charge in [0, 0.05) is 11.6 Å². The van der Waals surface area contributed by atoms with Crippen LogP contribution in [0.2, 0.25) is 5.02 Å². The number of nitrogen functional groups attached to an aromatic ring is 1. The number of nitrogens with one attached hydrogen (secondary N) is 1. The quantitative estimate of drug-likeness (QED) is 0.538. The average Bonchev–Trinajstić information content (AvgIpc) is 3.02. The van der Waals surface area contributed by atoms with E-state index in [-0.39, 0.29) is 46.7 Å². The highest BCUT2D eigenvalue weighted by atomic mass is 35.5. The molecule has 0 aliphatic carbocycles. The van der Waals surface area contributed by atoms with Crippen molar-refractivity contribution >= 4 is 44.1 Å². The predicted molar refractivity (Wildman–Crippen MR) is 108 cm³/mol. The Hall–Kier alpha value is -2.64. The number of hydrogen-bond acceptors (Lipinski definition) is 7. The second kappa shape index (κ2) is 7.74. The van der Waals surface area contributed by atoms with Gasteiger partial charge >= 0.3 is 6.18 Å². The van der Waals surface area contributed by atoms with E-state index in [9.17, 15) is 26.0 Å². The van der Waals surface area contributed by atoms with E-state index in [1.807, 2.05) is 0 Å². The van der Waals surface area contributed by atoms with E-state index in [4.69, 9.17) is 22.1 Å². The summed E-state index contributed by atoms with van der Waals surface area (Å²) in [6, 6.07) is 3.05. The van der Waals surface area contributed by atoms with Crippen molar-refractivity contribution in [1.82, 2.24) is 15.0 Å². The summed E-state index contributed by atoms with van der Waals surface area (Å²) in [7, 11) is -4.50. The van der Waals surface area contributed by atoms with Gasteiger partial charge in [0.2, 0.25) is 9.84 Å². The van der Waals surface area contributed by atoms with Gasteiger partial charge < -0.3 is 20.4 Å². The lowest BCUT2D eigenvalue weighted by Gasteiger charge is -2.34. The standard InChI is InChI=1S/C18H16ClF4N5O3S/c1-8-25-13-14(17(26-8)28-4-5-31-12(7-28)18(21,22)23)27-16(24)15(13)32(29,30)11-3-2-9(19)6-10(11)20/h2-3,6,12,27H,4-5,7,24H2,1H3/t12-/m0/s1. The van der Waals surface area contributed by atoms with Crippen LogP contribution in [0.25, 0.3) is 11.0 Å². The van der Waals surface area contributed by atoms with Gasteiger partial charge in [0.25, 0.3) is 0 Å². The SMILES string of the molecule is Cc1nc(N2CCO[C@H](C(F)(F)F)C2)c2[nH]c(N)c(S(=O)(=O)c3ccc(Cl)cc3F)c2n1. The Bertz CT molecular complexity index is 1310. The molecule has 1 atom stereocenters. The Balaban J connectivity index is 1.88. The first-order valence-electron chi connectivity index (χ1n) is 9.18. The van der Waals surface area contributed by atoms with Crippen LogP contribution >= 0.6 is 11.6 Å². The number of hydrogen-bond donors (Lipinski definition) is 2. The molecule has 32 heavy (non-hydrogen) atoms. The fourth-order valence-electron chi connectivity index (χ4n) is 3.50. The molecular formula is C18H16ClF4N5O3S. The Morgan fingerprint density at radius 2 is 2.03 bits per heavy atom. The summed E-state index contributed by atoms with van der Waals surface area (Å²) >= 11 is 5.71. The smallest absolute Gasteiger partial charge is 0.384 e. The van der Waals surface area contributed by atoms with Crippen molar-refractivity contribution < 1.29 is 30.7 Å². The highest BCUT2D eigenvalue weighted by Gasteiger charge is 2.44. The third-order valence-electron chi connectivity index (χ3n) is 4.90. The van der Waals surface area contributed by atoms with Crippen LogP contribution in [0, 0.1) is 12.7 Å². The molecule has 4 rings (SSSR count). The molecule has 0 amide bonds. The van der Waals surface area contributed by atoms with Gasteiger partial charge in [0.15, 0.2) is 11.9 Å². The zero-order valence-electron chi connectivity index (χ0n) is 16.4. The van der Waals surface area contributed by atoms with E-state index in [0.29, 0.717) is 0 Å². The number of rotatable bonds is 3. The molecule has 0 saturated carbocycles. The van der Waals surface area contributed by atoms with E-state index < -0.39 is 44.3 Å². The van der Waals surface area contributed by atoms with E-state index in [1.165, 1.54) is 17.9 Å². The number of H-pyrrole nitrogens is 1. The zero-order valence-corrected chi connectivity index (χ0v) is 17.9. The van der Waals surface area contributed by atoms with Crippen LogP contribution in [0.15, 0.2) is 28.0 Å². The monoisotopic (exact) mass is 493 g/mol. The third-order valence-corrected chi connectivity index (χ3v) is 7.00. The number of benzene rings is 1. The van der Waals surface area contributed by atoms with Gasteiger partial charge in [-0.15, -0.1) is 0 Å². The molecule has 3 aromatic rings. The number of alkyl halides is 3. The van der Waals surface area contributed by atoms with Crippen LogP contribution in [-0.2, 0) is 14.6 Å². The van der Waals surface area contributed by atoms with Gasteiger partial charge in [0.05, 0.1) is 13.2 Å². The van der Waals surface area contributed by atoms with Crippen LogP contribution in [0.3, 0.4) is 0 Å². The molecular weight excluding hydrogens is 478 g/mol.